The Labute approximate surface area is 138 Å². The van der Waals surface area contributed by atoms with Crippen LogP contribution in [0.1, 0.15) is 27.7 Å². The van der Waals surface area contributed by atoms with Gasteiger partial charge < -0.3 is 29.4 Å². The molecule has 1 rings (SSSR count). The summed E-state index contributed by atoms with van der Waals surface area (Å²) in [5, 5.41) is 12.8. The topological polar surface area (TPSA) is 137 Å². The van der Waals surface area contributed by atoms with Gasteiger partial charge >= 0.3 is 17.9 Å². The minimum atomic E-state index is -1.42. The van der Waals surface area contributed by atoms with Gasteiger partial charge in [0.05, 0.1) is 0 Å². The predicted octanol–water partition coefficient (Wildman–Crippen LogP) is -1.37. The first-order valence-corrected chi connectivity index (χ1v) is 7.20. The SMILES string of the molecule is CC(=O)N[C@H]1[C@@H](OC(C)=O)O[C@H](COC(C)=O)[C@H](O)[C@@H]1OC(C)=O. The summed E-state index contributed by atoms with van der Waals surface area (Å²) in [6.45, 7) is 4.27. The van der Waals surface area contributed by atoms with Gasteiger partial charge in [0, 0.05) is 27.7 Å². The second-order valence-electron chi connectivity index (χ2n) is 5.25. The Kier molecular flexibility index (Phi) is 7.11. The van der Waals surface area contributed by atoms with Crippen LogP contribution in [0.2, 0.25) is 0 Å². The third kappa shape index (κ3) is 5.78. The zero-order chi connectivity index (χ0) is 18.4. The lowest BCUT2D eigenvalue weighted by molar-refractivity contribution is -0.267. The van der Waals surface area contributed by atoms with E-state index < -0.39 is 54.5 Å². The van der Waals surface area contributed by atoms with Crippen molar-refractivity contribution in [3.8, 4) is 0 Å². The van der Waals surface area contributed by atoms with Crippen molar-refractivity contribution in [2.75, 3.05) is 6.61 Å². The molecular weight excluding hydrogens is 326 g/mol. The number of ether oxygens (including phenoxy) is 4. The standard InChI is InChI=1S/C14H21NO9/c1-6(16)15-11-13(22-8(3)18)12(20)10(5-21-7(2)17)24-14(11)23-9(4)19/h10-14,20H,5H2,1-4H3,(H,15,16)/t10-,11-,12+,13-,14+/m1/s1. The number of carbonyl (C=O) groups excluding carboxylic acids is 4. The smallest absolute Gasteiger partial charge is 0.305 e. The van der Waals surface area contributed by atoms with Gasteiger partial charge in [-0.3, -0.25) is 19.2 Å². The minimum absolute atomic E-state index is 0.348. The van der Waals surface area contributed by atoms with Crippen LogP contribution in [-0.2, 0) is 38.1 Å². The van der Waals surface area contributed by atoms with Crippen molar-refractivity contribution in [3.63, 3.8) is 0 Å². The Balaban J connectivity index is 3.07. The average molecular weight is 347 g/mol. The highest BCUT2D eigenvalue weighted by atomic mass is 16.7. The molecule has 0 aromatic carbocycles. The summed E-state index contributed by atoms with van der Waals surface area (Å²) in [4.78, 5) is 44.9. The lowest BCUT2D eigenvalue weighted by atomic mass is 9.96. The Bertz CT molecular complexity index is 506. The van der Waals surface area contributed by atoms with Gasteiger partial charge in [0.1, 0.15) is 24.9 Å². The van der Waals surface area contributed by atoms with Crippen molar-refractivity contribution in [2.45, 2.75) is 58.3 Å². The summed E-state index contributed by atoms with van der Waals surface area (Å²) < 4.78 is 20.2. The van der Waals surface area contributed by atoms with Gasteiger partial charge in [0.25, 0.3) is 0 Å². The summed E-state index contributed by atoms with van der Waals surface area (Å²) in [6, 6.07) is -1.13. The van der Waals surface area contributed by atoms with Gasteiger partial charge in [-0.25, -0.2) is 0 Å². The number of amides is 1. The monoisotopic (exact) mass is 347 g/mol. The number of aliphatic hydroxyl groups is 1. The number of nitrogens with one attached hydrogen (secondary N) is 1. The maximum absolute atomic E-state index is 11.4. The number of hydrogen-bond donors (Lipinski definition) is 2. The van der Waals surface area contributed by atoms with E-state index in [1.807, 2.05) is 0 Å². The van der Waals surface area contributed by atoms with Gasteiger partial charge in [-0.15, -0.1) is 0 Å². The molecule has 136 valence electrons. The molecule has 10 heteroatoms. The molecule has 1 saturated heterocycles. The Hall–Kier alpha value is -2.20. The molecule has 0 aromatic rings. The molecule has 1 amide bonds. The van der Waals surface area contributed by atoms with Gasteiger partial charge in [0.15, 0.2) is 6.10 Å². The van der Waals surface area contributed by atoms with Gasteiger partial charge in [-0.1, -0.05) is 0 Å². The van der Waals surface area contributed by atoms with Crippen LogP contribution in [0.15, 0.2) is 0 Å². The van der Waals surface area contributed by atoms with E-state index in [9.17, 15) is 24.3 Å². The molecule has 5 atom stereocenters. The first kappa shape index (κ1) is 19.8. The van der Waals surface area contributed by atoms with Crippen LogP contribution in [0.25, 0.3) is 0 Å². The third-order valence-corrected chi connectivity index (χ3v) is 3.08. The highest BCUT2D eigenvalue weighted by Crippen LogP contribution is 2.25. The molecule has 0 saturated carbocycles. The van der Waals surface area contributed by atoms with E-state index in [0.717, 1.165) is 13.8 Å². The predicted molar refractivity (Wildman–Crippen MR) is 76.2 cm³/mol. The fraction of sp³-hybridized carbons (Fsp3) is 0.714. The summed E-state index contributed by atoms with van der Waals surface area (Å²) in [7, 11) is 0. The van der Waals surface area contributed by atoms with E-state index in [1.54, 1.807) is 0 Å². The first-order chi connectivity index (χ1) is 11.1. The van der Waals surface area contributed by atoms with Gasteiger partial charge in [-0.2, -0.15) is 0 Å². The number of esters is 3. The molecule has 0 bridgehead atoms. The van der Waals surface area contributed by atoms with Crippen molar-refractivity contribution >= 4 is 23.8 Å². The number of rotatable bonds is 5. The second-order valence-corrected chi connectivity index (χ2v) is 5.25. The van der Waals surface area contributed by atoms with E-state index in [1.165, 1.54) is 13.8 Å². The first-order valence-electron chi connectivity index (χ1n) is 7.20. The van der Waals surface area contributed by atoms with Crippen LogP contribution in [0, 0.1) is 0 Å². The fourth-order valence-electron chi connectivity index (χ4n) is 2.24. The van der Waals surface area contributed by atoms with E-state index in [0.29, 0.717) is 0 Å². The molecule has 1 fully saturated rings. The van der Waals surface area contributed by atoms with E-state index in [4.69, 9.17) is 18.9 Å². The normalized spacial score (nSPS) is 29.3. The van der Waals surface area contributed by atoms with E-state index in [-0.39, 0.29) is 6.61 Å². The quantitative estimate of drug-likeness (QED) is 0.456. The van der Waals surface area contributed by atoms with E-state index in [2.05, 4.69) is 5.32 Å². The molecule has 2 N–H and O–H groups in total. The largest absolute Gasteiger partial charge is 0.463 e. The van der Waals surface area contributed by atoms with Gasteiger partial charge in [-0.05, 0) is 0 Å². The molecule has 10 nitrogen and oxygen atoms in total. The van der Waals surface area contributed by atoms with Crippen molar-refractivity contribution < 1.29 is 43.2 Å². The van der Waals surface area contributed by atoms with Crippen LogP contribution in [-0.4, -0.2) is 66.2 Å². The Morgan fingerprint density at radius 3 is 2.04 bits per heavy atom. The lowest BCUT2D eigenvalue weighted by Gasteiger charge is -2.43. The molecule has 0 aliphatic carbocycles. The van der Waals surface area contributed by atoms with Crippen LogP contribution >= 0.6 is 0 Å². The fourth-order valence-corrected chi connectivity index (χ4v) is 2.24. The zero-order valence-corrected chi connectivity index (χ0v) is 13.8. The summed E-state index contributed by atoms with van der Waals surface area (Å²) >= 11 is 0. The van der Waals surface area contributed by atoms with Crippen LogP contribution in [0.3, 0.4) is 0 Å². The molecule has 1 aliphatic heterocycles. The third-order valence-electron chi connectivity index (χ3n) is 3.08. The second kappa shape index (κ2) is 8.60. The molecule has 1 heterocycles. The summed E-state index contributed by atoms with van der Waals surface area (Å²) in [5.74, 6) is -2.55. The maximum Gasteiger partial charge on any atom is 0.305 e. The summed E-state index contributed by atoms with van der Waals surface area (Å²) in [6.07, 6.45) is -5.13. The maximum atomic E-state index is 11.4. The van der Waals surface area contributed by atoms with Crippen molar-refractivity contribution in [1.82, 2.24) is 5.32 Å². The Morgan fingerprint density at radius 2 is 1.58 bits per heavy atom. The van der Waals surface area contributed by atoms with Crippen molar-refractivity contribution in [1.29, 1.82) is 0 Å². The number of carbonyl (C=O) groups is 4. The lowest BCUT2D eigenvalue weighted by Crippen LogP contribution is -2.66. The molecule has 24 heavy (non-hydrogen) atoms. The van der Waals surface area contributed by atoms with Crippen LogP contribution in [0.5, 0.6) is 0 Å². The number of hydrogen-bond acceptors (Lipinski definition) is 9. The highest BCUT2D eigenvalue weighted by molar-refractivity contribution is 5.74. The average Bonchev–Trinajstić information content (AvgIpc) is 2.42. The minimum Gasteiger partial charge on any atom is -0.463 e. The van der Waals surface area contributed by atoms with E-state index >= 15 is 0 Å². The molecule has 0 unspecified atom stereocenters. The summed E-state index contributed by atoms with van der Waals surface area (Å²) in [5.41, 5.74) is 0. The zero-order valence-electron chi connectivity index (χ0n) is 13.8. The van der Waals surface area contributed by atoms with Crippen LogP contribution in [0.4, 0.5) is 0 Å². The van der Waals surface area contributed by atoms with Crippen molar-refractivity contribution in [3.05, 3.63) is 0 Å². The number of aliphatic hydroxyl groups excluding tert-OH is 1. The molecule has 1 aliphatic rings. The van der Waals surface area contributed by atoms with Crippen molar-refractivity contribution in [2.24, 2.45) is 0 Å². The Morgan fingerprint density at radius 1 is 1.00 bits per heavy atom. The van der Waals surface area contributed by atoms with Crippen LogP contribution < -0.4 is 5.32 Å². The molecule has 0 spiro atoms. The molecule has 0 radical (unpaired) electrons. The molecular formula is C14H21NO9. The molecule has 0 aromatic heterocycles. The van der Waals surface area contributed by atoms with Gasteiger partial charge in [0.2, 0.25) is 12.2 Å². The highest BCUT2D eigenvalue weighted by Gasteiger charge is 2.49.